The highest BCUT2D eigenvalue weighted by Gasteiger charge is 2.07. The van der Waals surface area contributed by atoms with Gasteiger partial charge in [-0.1, -0.05) is 23.6 Å². The maximum absolute atomic E-state index is 11.6. The maximum atomic E-state index is 11.6. The van der Waals surface area contributed by atoms with Crippen molar-refractivity contribution in [2.75, 3.05) is 11.9 Å². The van der Waals surface area contributed by atoms with E-state index in [2.05, 4.69) is 15.5 Å². The van der Waals surface area contributed by atoms with Gasteiger partial charge in [-0.25, -0.2) is 0 Å². The molecule has 8 heteroatoms. The zero-order valence-corrected chi connectivity index (χ0v) is 12.3. The van der Waals surface area contributed by atoms with Crippen molar-refractivity contribution in [2.24, 2.45) is 5.73 Å². The second kappa shape index (κ2) is 6.40. The second-order valence-electron chi connectivity index (χ2n) is 3.85. The predicted molar refractivity (Wildman–Crippen MR) is 81.1 cm³/mol. The third kappa shape index (κ3) is 3.97. The van der Waals surface area contributed by atoms with Crippen LogP contribution in [0.25, 0.3) is 0 Å². The van der Waals surface area contributed by atoms with Crippen molar-refractivity contribution in [2.45, 2.75) is 6.92 Å². The fourth-order valence-corrected chi connectivity index (χ4v) is 2.11. The number of hydrogen-bond acceptors (Lipinski definition) is 6. The molecular formula is C12H12N4O2S2. The topological polar surface area (TPSA) is 90.1 Å². The van der Waals surface area contributed by atoms with E-state index in [0.717, 1.165) is 10.6 Å². The summed E-state index contributed by atoms with van der Waals surface area (Å²) in [5.74, 6) is 0.271. The van der Waals surface area contributed by atoms with Crippen LogP contribution in [-0.4, -0.2) is 27.7 Å². The number of ether oxygens (including phenoxy) is 1. The quantitative estimate of drug-likeness (QED) is 0.814. The molecule has 0 fully saturated rings. The third-order valence-corrected chi connectivity index (χ3v) is 3.27. The molecule has 0 saturated carbocycles. The highest BCUT2D eigenvalue weighted by molar-refractivity contribution is 7.80. The Morgan fingerprint density at radius 1 is 1.40 bits per heavy atom. The molecule has 0 aliphatic rings. The van der Waals surface area contributed by atoms with E-state index in [0.29, 0.717) is 15.9 Å². The SMILES string of the molecule is Cc1nnc(NC(=O)COc2ccc(C(N)=S)cc2)s1. The fraction of sp³-hybridized carbons (Fsp3) is 0.167. The molecule has 104 valence electrons. The zero-order chi connectivity index (χ0) is 14.5. The van der Waals surface area contributed by atoms with Crippen LogP contribution in [0.2, 0.25) is 0 Å². The van der Waals surface area contributed by atoms with Crippen molar-refractivity contribution >= 4 is 39.6 Å². The van der Waals surface area contributed by atoms with E-state index in [1.807, 2.05) is 6.92 Å². The Morgan fingerprint density at radius 3 is 2.65 bits per heavy atom. The van der Waals surface area contributed by atoms with Crippen LogP contribution in [0.4, 0.5) is 5.13 Å². The molecule has 2 rings (SSSR count). The molecule has 1 amide bonds. The molecule has 0 aliphatic heterocycles. The van der Waals surface area contributed by atoms with E-state index < -0.39 is 0 Å². The first-order chi connectivity index (χ1) is 9.54. The van der Waals surface area contributed by atoms with Crippen molar-refractivity contribution < 1.29 is 9.53 Å². The lowest BCUT2D eigenvalue weighted by atomic mass is 10.2. The summed E-state index contributed by atoms with van der Waals surface area (Å²) >= 11 is 6.15. The minimum atomic E-state index is -0.292. The van der Waals surface area contributed by atoms with Crippen LogP contribution < -0.4 is 15.8 Å². The summed E-state index contributed by atoms with van der Waals surface area (Å²) in [4.78, 5) is 12.0. The van der Waals surface area contributed by atoms with Crippen LogP contribution in [0, 0.1) is 6.92 Å². The number of nitrogens with zero attached hydrogens (tertiary/aromatic N) is 2. The van der Waals surface area contributed by atoms with Gasteiger partial charge in [0.15, 0.2) is 6.61 Å². The molecule has 20 heavy (non-hydrogen) atoms. The third-order valence-electron chi connectivity index (χ3n) is 2.28. The average Bonchev–Trinajstić information content (AvgIpc) is 2.82. The molecule has 0 unspecified atom stereocenters. The van der Waals surface area contributed by atoms with Gasteiger partial charge in [-0.05, 0) is 31.2 Å². The van der Waals surface area contributed by atoms with E-state index in [9.17, 15) is 4.79 Å². The van der Waals surface area contributed by atoms with Crippen LogP contribution in [0.5, 0.6) is 5.75 Å². The smallest absolute Gasteiger partial charge is 0.264 e. The molecule has 2 aromatic rings. The number of rotatable bonds is 5. The molecule has 0 spiro atoms. The van der Waals surface area contributed by atoms with Gasteiger partial charge in [0.1, 0.15) is 15.7 Å². The summed E-state index contributed by atoms with van der Waals surface area (Å²) < 4.78 is 5.34. The number of nitrogens with two attached hydrogens (primary N) is 1. The van der Waals surface area contributed by atoms with Gasteiger partial charge in [-0.3, -0.25) is 10.1 Å². The van der Waals surface area contributed by atoms with E-state index >= 15 is 0 Å². The number of nitrogens with one attached hydrogen (secondary N) is 1. The van der Waals surface area contributed by atoms with Crippen molar-refractivity contribution in [3.63, 3.8) is 0 Å². The Balaban J connectivity index is 1.85. The predicted octanol–water partition coefficient (Wildman–Crippen LogP) is 1.50. The molecule has 0 bridgehead atoms. The molecule has 0 saturated heterocycles. The number of hydrogen-bond donors (Lipinski definition) is 2. The fourth-order valence-electron chi connectivity index (χ4n) is 1.37. The molecule has 1 aromatic heterocycles. The standard InChI is InChI=1S/C12H12N4O2S2/c1-7-15-16-12(20-7)14-10(17)6-18-9-4-2-8(3-5-9)11(13)19/h2-5H,6H2,1H3,(H2,13,19)(H,14,16,17). The lowest BCUT2D eigenvalue weighted by Crippen LogP contribution is -2.20. The van der Waals surface area contributed by atoms with Crippen LogP contribution in [-0.2, 0) is 4.79 Å². The highest BCUT2D eigenvalue weighted by atomic mass is 32.1. The lowest BCUT2D eigenvalue weighted by molar-refractivity contribution is -0.118. The largest absolute Gasteiger partial charge is 0.484 e. The minimum absolute atomic E-state index is 0.106. The van der Waals surface area contributed by atoms with E-state index in [1.165, 1.54) is 11.3 Å². The van der Waals surface area contributed by atoms with Crippen LogP contribution in [0.3, 0.4) is 0 Å². The number of anilines is 1. The summed E-state index contributed by atoms with van der Waals surface area (Å²) in [6.07, 6.45) is 0. The first kappa shape index (κ1) is 14.4. The van der Waals surface area contributed by atoms with Gasteiger partial charge in [-0.2, -0.15) is 0 Å². The first-order valence-electron chi connectivity index (χ1n) is 5.67. The number of carbonyl (C=O) groups is 1. The maximum Gasteiger partial charge on any atom is 0.264 e. The Hall–Kier alpha value is -2.06. The monoisotopic (exact) mass is 308 g/mol. The van der Waals surface area contributed by atoms with Crippen LogP contribution in [0.1, 0.15) is 10.6 Å². The molecule has 0 aliphatic carbocycles. The molecule has 0 atom stereocenters. The number of aryl methyl sites for hydroxylation is 1. The molecule has 1 heterocycles. The van der Waals surface area contributed by atoms with Gasteiger partial charge in [-0.15, -0.1) is 10.2 Å². The Kier molecular flexibility index (Phi) is 4.59. The molecule has 1 aromatic carbocycles. The van der Waals surface area contributed by atoms with Gasteiger partial charge in [0.25, 0.3) is 5.91 Å². The summed E-state index contributed by atoms with van der Waals surface area (Å²) in [5.41, 5.74) is 6.24. The Morgan fingerprint density at radius 2 is 2.10 bits per heavy atom. The van der Waals surface area contributed by atoms with Gasteiger partial charge in [0.05, 0.1) is 0 Å². The van der Waals surface area contributed by atoms with E-state index in [-0.39, 0.29) is 12.5 Å². The van der Waals surface area contributed by atoms with Crippen molar-refractivity contribution in [1.82, 2.24) is 10.2 Å². The van der Waals surface area contributed by atoms with Crippen molar-refractivity contribution in [1.29, 1.82) is 0 Å². The summed E-state index contributed by atoms with van der Waals surface area (Å²) in [7, 11) is 0. The number of carbonyl (C=O) groups excluding carboxylic acids is 1. The van der Waals surface area contributed by atoms with Crippen LogP contribution >= 0.6 is 23.6 Å². The number of aromatic nitrogens is 2. The summed E-state index contributed by atoms with van der Waals surface area (Å²) in [6.45, 7) is 1.71. The summed E-state index contributed by atoms with van der Waals surface area (Å²) in [6, 6.07) is 6.89. The van der Waals surface area contributed by atoms with Gasteiger partial charge in [0.2, 0.25) is 5.13 Å². The molecule has 0 radical (unpaired) electrons. The number of amides is 1. The highest BCUT2D eigenvalue weighted by Crippen LogP contribution is 2.14. The average molecular weight is 308 g/mol. The molecular weight excluding hydrogens is 296 g/mol. The summed E-state index contributed by atoms with van der Waals surface area (Å²) in [5, 5.41) is 11.4. The molecule has 6 nitrogen and oxygen atoms in total. The minimum Gasteiger partial charge on any atom is -0.484 e. The normalized spacial score (nSPS) is 10.1. The van der Waals surface area contributed by atoms with Gasteiger partial charge < -0.3 is 10.5 Å². The first-order valence-corrected chi connectivity index (χ1v) is 6.89. The molecule has 3 N–H and O–H groups in total. The Labute approximate surface area is 125 Å². The lowest BCUT2D eigenvalue weighted by Gasteiger charge is -2.06. The number of thiocarbonyl (C=S) groups is 1. The van der Waals surface area contributed by atoms with Gasteiger partial charge in [0, 0.05) is 5.56 Å². The van der Waals surface area contributed by atoms with Gasteiger partial charge >= 0.3 is 0 Å². The van der Waals surface area contributed by atoms with E-state index in [1.54, 1.807) is 24.3 Å². The van der Waals surface area contributed by atoms with Crippen molar-refractivity contribution in [3.05, 3.63) is 34.8 Å². The second-order valence-corrected chi connectivity index (χ2v) is 5.47. The number of benzene rings is 1. The van der Waals surface area contributed by atoms with E-state index in [4.69, 9.17) is 22.7 Å². The zero-order valence-electron chi connectivity index (χ0n) is 10.6. The van der Waals surface area contributed by atoms with Crippen LogP contribution in [0.15, 0.2) is 24.3 Å². The Bertz CT molecular complexity index is 625. The van der Waals surface area contributed by atoms with Crippen molar-refractivity contribution in [3.8, 4) is 5.75 Å².